The van der Waals surface area contributed by atoms with Crippen molar-refractivity contribution in [2.24, 2.45) is 11.8 Å². The first-order valence-electron chi connectivity index (χ1n) is 14.5. The summed E-state index contributed by atoms with van der Waals surface area (Å²) < 4.78 is 0. The summed E-state index contributed by atoms with van der Waals surface area (Å²) in [5.41, 5.74) is 6.03. The summed E-state index contributed by atoms with van der Waals surface area (Å²) in [7, 11) is 0. The van der Waals surface area contributed by atoms with Crippen molar-refractivity contribution < 1.29 is 4.79 Å². The average Bonchev–Trinajstić information content (AvgIpc) is 3.02. The highest BCUT2D eigenvalue weighted by molar-refractivity contribution is 6.31. The predicted molar refractivity (Wildman–Crippen MR) is 184 cm³/mol. The van der Waals surface area contributed by atoms with Gasteiger partial charge in [-0.1, -0.05) is 135 Å². The van der Waals surface area contributed by atoms with E-state index in [0.717, 1.165) is 48.3 Å². The number of allylic oxidation sites excluding steroid dienone is 2. The van der Waals surface area contributed by atoms with Gasteiger partial charge in [-0.25, -0.2) is 0 Å². The van der Waals surface area contributed by atoms with Crippen molar-refractivity contribution >= 4 is 17.4 Å². The lowest BCUT2D eigenvalue weighted by molar-refractivity contribution is -0.124. The van der Waals surface area contributed by atoms with Crippen molar-refractivity contribution in [2.75, 3.05) is 0 Å². The zero-order valence-electron chi connectivity index (χ0n) is 25.9. The molecule has 41 heavy (non-hydrogen) atoms. The Hall–Kier alpha value is -3.42. The van der Waals surface area contributed by atoms with Gasteiger partial charge in [0.15, 0.2) is 0 Å². The first-order chi connectivity index (χ1) is 19.8. The molecule has 0 aliphatic heterocycles. The number of carbonyl (C=O) groups excluding carboxylic acids is 1. The average molecular weight is 571 g/mol. The number of rotatable bonds is 12. The summed E-state index contributed by atoms with van der Waals surface area (Å²) in [5.74, 6) is 0.246. The lowest BCUT2D eigenvalue weighted by atomic mass is 9.75. The number of Topliss-reactive ketones (excluding diaryl/α,β-unsaturated/α-hetero) is 1. The largest absolute Gasteiger partial charge is 0.298 e. The molecule has 0 aliphatic rings. The second-order valence-corrected chi connectivity index (χ2v) is 10.2. The van der Waals surface area contributed by atoms with E-state index in [4.69, 9.17) is 11.6 Å². The predicted octanol–water partition coefficient (Wildman–Crippen LogP) is 11.6. The molecule has 0 heterocycles. The molecule has 0 amide bonds. The van der Waals surface area contributed by atoms with Gasteiger partial charge >= 0.3 is 0 Å². The Morgan fingerprint density at radius 2 is 1.41 bits per heavy atom. The molecule has 0 radical (unpaired) electrons. The number of halogens is 1. The number of hydrogen-bond donors (Lipinski definition) is 0. The van der Waals surface area contributed by atoms with Gasteiger partial charge in [-0.15, -0.1) is 32.9 Å². The fourth-order valence-corrected chi connectivity index (χ4v) is 4.87. The van der Waals surface area contributed by atoms with Crippen molar-refractivity contribution in [3.8, 4) is 0 Å². The molecule has 0 N–H and O–H groups in total. The van der Waals surface area contributed by atoms with E-state index in [2.05, 4.69) is 90.6 Å². The number of hydrogen-bond acceptors (Lipinski definition) is 1. The smallest absolute Gasteiger partial charge is 0.147 e. The molecule has 3 unspecified atom stereocenters. The van der Waals surface area contributed by atoms with Gasteiger partial charge in [-0.2, -0.15) is 0 Å². The molecule has 3 aromatic carbocycles. The van der Waals surface area contributed by atoms with Gasteiger partial charge < -0.3 is 0 Å². The van der Waals surface area contributed by atoms with Crippen LogP contribution in [0, 0.1) is 18.8 Å². The zero-order valence-corrected chi connectivity index (χ0v) is 26.6. The second kappa shape index (κ2) is 22.3. The van der Waals surface area contributed by atoms with Gasteiger partial charge in [0.1, 0.15) is 5.78 Å². The molecule has 1 nitrogen and oxygen atoms in total. The molecular weight excluding hydrogens is 520 g/mol. The van der Waals surface area contributed by atoms with Crippen LogP contribution in [-0.2, 0) is 17.6 Å². The van der Waals surface area contributed by atoms with E-state index in [9.17, 15) is 4.79 Å². The molecule has 0 aliphatic carbocycles. The minimum Gasteiger partial charge on any atom is -0.298 e. The van der Waals surface area contributed by atoms with Gasteiger partial charge in [0.05, 0.1) is 0 Å². The van der Waals surface area contributed by atoms with Crippen LogP contribution >= 0.6 is 11.6 Å². The van der Waals surface area contributed by atoms with E-state index in [0.29, 0.717) is 0 Å². The normalized spacial score (nSPS) is 11.9. The fourth-order valence-electron chi connectivity index (χ4n) is 4.64. The maximum Gasteiger partial charge on any atom is 0.147 e. The first kappa shape index (κ1) is 37.6. The maximum atomic E-state index is 13.0. The summed E-state index contributed by atoms with van der Waals surface area (Å²) in [6.45, 7) is 28.5. The zero-order chi connectivity index (χ0) is 31.2. The lowest BCUT2D eigenvalue weighted by Gasteiger charge is -2.27. The third-order valence-corrected chi connectivity index (χ3v) is 7.38. The minimum atomic E-state index is -0.109. The standard InChI is InChI=1S/C20H28O.C15H15Cl.2C2H4/c1-6-12-15(4)19(17(7-2)8-3)20(21)16(5)18-13-10-9-11-14-18;1-12-6-8-13(9-7-12)10-11-14-4-2-3-5-15(14)16;2*1-2/h7,9-11,13-14,16-17,19H,2,4,6,8,12H2,1,3,5H3;2-9H,10-11H2,1H3;2*1-2H2. The Morgan fingerprint density at radius 1 is 0.854 bits per heavy atom. The van der Waals surface area contributed by atoms with Gasteiger partial charge in [0, 0.05) is 16.9 Å². The number of carbonyl (C=O) groups is 1. The Morgan fingerprint density at radius 3 is 1.93 bits per heavy atom. The van der Waals surface area contributed by atoms with Crippen molar-refractivity contribution in [3.05, 3.63) is 157 Å². The van der Waals surface area contributed by atoms with Crippen LogP contribution in [0.5, 0.6) is 0 Å². The molecule has 0 spiro atoms. The molecular formula is C39H51ClO. The van der Waals surface area contributed by atoms with E-state index >= 15 is 0 Å². The van der Waals surface area contributed by atoms with Gasteiger partial charge in [0.25, 0.3) is 0 Å². The topological polar surface area (TPSA) is 17.1 Å². The maximum absolute atomic E-state index is 13.0. The third-order valence-electron chi connectivity index (χ3n) is 7.01. The van der Waals surface area contributed by atoms with E-state index < -0.39 is 0 Å². The van der Waals surface area contributed by atoms with Crippen molar-refractivity contribution in [2.45, 2.75) is 65.7 Å². The van der Waals surface area contributed by atoms with Crippen molar-refractivity contribution in [3.63, 3.8) is 0 Å². The fraction of sp³-hybridized carbons (Fsp3) is 0.308. The molecule has 3 atom stereocenters. The Bertz CT molecular complexity index is 1140. The molecule has 0 saturated carbocycles. The Labute approximate surface area is 256 Å². The van der Waals surface area contributed by atoms with Gasteiger partial charge in [-0.3, -0.25) is 4.79 Å². The van der Waals surface area contributed by atoms with Crippen molar-refractivity contribution in [1.82, 2.24) is 0 Å². The summed E-state index contributed by atoms with van der Waals surface area (Å²) in [4.78, 5) is 13.0. The molecule has 0 aromatic heterocycles. The highest BCUT2D eigenvalue weighted by Gasteiger charge is 2.31. The van der Waals surface area contributed by atoms with Gasteiger partial charge in [-0.05, 0) is 61.3 Å². The third kappa shape index (κ3) is 13.2. The van der Waals surface area contributed by atoms with Crippen LogP contribution in [0.1, 0.15) is 68.2 Å². The monoisotopic (exact) mass is 570 g/mol. The van der Waals surface area contributed by atoms with Crippen LogP contribution in [0.2, 0.25) is 5.02 Å². The van der Waals surface area contributed by atoms with Gasteiger partial charge in [0.2, 0.25) is 0 Å². The van der Waals surface area contributed by atoms with Crippen LogP contribution in [-0.4, -0.2) is 5.78 Å². The number of aryl methyl sites for hydroxylation is 3. The van der Waals surface area contributed by atoms with Crippen LogP contribution in [0.3, 0.4) is 0 Å². The quantitative estimate of drug-likeness (QED) is 0.198. The Balaban J connectivity index is 0.000000713. The Kier molecular flexibility index (Phi) is 20.4. The number of benzene rings is 3. The van der Waals surface area contributed by atoms with E-state index in [-0.39, 0.29) is 23.5 Å². The molecule has 3 rings (SSSR count). The SMILES string of the molecule is C=C.C=C.C=CC(CC)C(C(=C)CCC)C(=O)C(C)c1ccccc1.Cc1ccc(CCc2ccccc2Cl)cc1. The molecule has 0 fully saturated rings. The highest BCUT2D eigenvalue weighted by Crippen LogP contribution is 2.33. The van der Waals surface area contributed by atoms with Crippen LogP contribution in [0.4, 0.5) is 0 Å². The molecule has 3 aromatic rings. The molecule has 220 valence electrons. The highest BCUT2D eigenvalue weighted by atomic mass is 35.5. The molecule has 0 bridgehead atoms. The van der Waals surface area contributed by atoms with E-state index in [1.807, 2.05) is 61.5 Å². The first-order valence-corrected chi connectivity index (χ1v) is 14.9. The summed E-state index contributed by atoms with van der Waals surface area (Å²) in [6.07, 6.45) is 6.82. The molecule has 2 heteroatoms. The second-order valence-electron chi connectivity index (χ2n) is 9.81. The minimum absolute atomic E-state index is 0.0983. The van der Waals surface area contributed by atoms with Crippen LogP contribution < -0.4 is 0 Å². The van der Waals surface area contributed by atoms with Crippen LogP contribution in [0.25, 0.3) is 0 Å². The number of ketones is 1. The van der Waals surface area contributed by atoms with E-state index in [1.165, 1.54) is 16.7 Å². The molecule has 0 saturated heterocycles. The summed E-state index contributed by atoms with van der Waals surface area (Å²) >= 11 is 6.12. The lowest BCUT2D eigenvalue weighted by Crippen LogP contribution is -2.28. The van der Waals surface area contributed by atoms with E-state index in [1.54, 1.807) is 0 Å². The van der Waals surface area contributed by atoms with Crippen molar-refractivity contribution in [1.29, 1.82) is 0 Å². The summed E-state index contributed by atoms with van der Waals surface area (Å²) in [5, 5.41) is 0.870. The summed E-state index contributed by atoms with van der Waals surface area (Å²) in [6, 6.07) is 26.7. The van der Waals surface area contributed by atoms with Crippen LogP contribution in [0.15, 0.2) is 130 Å².